The summed E-state index contributed by atoms with van der Waals surface area (Å²) >= 11 is 0. The number of carbonyl (C=O) groups excluding carboxylic acids is 2. The van der Waals surface area contributed by atoms with E-state index in [1.165, 1.54) is 0 Å². The van der Waals surface area contributed by atoms with Gasteiger partial charge in [-0.3, -0.25) is 14.5 Å². The van der Waals surface area contributed by atoms with Crippen LogP contribution in [-0.4, -0.2) is 42.0 Å². The molecule has 1 atom stereocenters. The zero-order valence-corrected chi connectivity index (χ0v) is 16.2. The molecule has 2 saturated heterocycles. The van der Waals surface area contributed by atoms with Crippen molar-refractivity contribution < 1.29 is 18.7 Å². The molecule has 1 aliphatic carbocycles. The van der Waals surface area contributed by atoms with Crippen LogP contribution in [0.2, 0.25) is 0 Å². The van der Waals surface area contributed by atoms with E-state index in [9.17, 15) is 9.59 Å². The van der Waals surface area contributed by atoms with Crippen molar-refractivity contribution >= 4 is 11.9 Å². The number of likely N-dealkylation sites (tertiary alicyclic amines) is 1. The molecule has 0 aromatic carbocycles. The second-order valence-corrected chi connectivity index (χ2v) is 8.48. The molecule has 148 valence electrons. The summed E-state index contributed by atoms with van der Waals surface area (Å²) < 4.78 is 11.3. The van der Waals surface area contributed by atoms with Crippen molar-refractivity contribution in [2.45, 2.75) is 64.0 Å². The lowest BCUT2D eigenvalue weighted by molar-refractivity contribution is -0.150. The smallest absolute Gasteiger partial charge is 0.307 e. The van der Waals surface area contributed by atoms with E-state index in [0.29, 0.717) is 12.5 Å². The minimum absolute atomic E-state index is 0.0104. The van der Waals surface area contributed by atoms with Gasteiger partial charge in [0.25, 0.3) is 0 Å². The van der Waals surface area contributed by atoms with E-state index < -0.39 is 5.60 Å². The van der Waals surface area contributed by atoms with E-state index in [1.54, 1.807) is 0 Å². The van der Waals surface area contributed by atoms with Gasteiger partial charge in [0.2, 0.25) is 5.91 Å². The number of hydrogen-bond donors (Lipinski definition) is 1. The third kappa shape index (κ3) is 4.05. The van der Waals surface area contributed by atoms with Gasteiger partial charge in [0.1, 0.15) is 17.1 Å². The summed E-state index contributed by atoms with van der Waals surface area (Å²) in [5.74, 6) is 1.98. The Bertz CT molecular complexity index is 684. The van der Waals surface area contributed by atoms with Crippen LogP contribution in [-0.2, 0) is 20.9 Å². The zero-order valence-electron chi connectivity index (χ0n) is 16.2. The molecule has 1 N–H and O–H groups in total. The predicted octanol–water partition coefficient (Wildman–Crippen LogP) is 2.79. The van der Waals surface area contributed by atoms with E-state index in [1.807, 2.05) is 19.1 Å². The van der Waals surface area contributed by atoms with Crippen LogP contribution in [0, 0.1) is 18.8 Å². The normalized spacial score (nSPS) is 25.8. The monoisotopic (exact) mass is 374 g/mol. The maximum atomic E-state index is 12.7. The van der Waals surface area contributed by atoms with E-state index >= 15 is 0 Å². The number of furan rings is 1. The maximum absolute atomic E-state index is 12.7. The molecular weight excluding hydrogens is 344 g/mol. The lowest BCUT2D eigenvalue weighted by Gasteiger charge is -2.32. The SMILES string of the molecule is Cc1ccc(CN2CCC(CNC(=O)C3CC(=O)OC34CCCC4)CC2)o1. The summed E-state index contributed by atoms with van der Waals surface area (Å²) in [4.78, 5) is 26.9. The summed E-state index contributed by atoms with van der Waals surface area (Å²) in [5, 5.41) is 3.13. The molecule has 2 aliphatic heterocycles. The highest BCUT2D eigenvalue weighted by Crippen LogP contribution is 2.45. The highest BCUT2D eigenvalue weighted by Gasteiger charge is 2.53. The molecule has 1 unspecified atom stereocenters. The second-order valence-electron chi connectivity index (χ2n) is 8.48. The number of amides is 1. The average Bonchev–Trinajstić information content (AvgIpc) is 3.36. The molecule has 1 aromatic rings. The molecule has 1 amide bonds. The predicted molar refractivity (Wildman–Crippen MR) is 99.9 cm³/mol. The fraction of sp³-hybridized carbons (Fsp3) is 0.714. The van der Waals surface area contributed by atoms with E-state index in [4.69, 9.17) is 9.15 Å². The van der Waals surface area contributed by atoms with Crippen molar-refractivity contribution in [3.63, 3.8) is 0 Å². The highest BCUT2D eigenvalue weighted by molar-refractivity contribution is 5.87. The van der Waals surface area contributed by atoms with Crippen LogP contribution >= 0.6 is 0 Å². The van der Waals surface area contributed by atoms with Gasteiger partial charge >= 0.3 is 5.97 Å². The van der Waals surface area contributed by atoms with Crippen LogP contribution in [0.4, 0.5) is 0 Å². The van der Waals surface area contributed by atoms with E-state index in [-0.39, 0.29) is 24.2 Å². The second kappa shape index (κ2) is 7.66. The van der Waals surface area contributed by atoms with Crippen molar-refractivity contribution in [2.75, 3.05) is 19.6 Å². The zero-order chi connectivity index (χ0) is 18.9. The summed E-state index contributed by atoms with van der Waals surface area (Å²) in [6, 6.07) is 4.05. The number of esters is 1. The number of piperidine rings is 1. The van der Waals surface area contributed by atoms with Crippen LogP contribution in [0.3, 0.4) is 0 Å². The molecule has 3 aliphatic rings. The van der Waals surface area contributed by atoms with Crippen molar-refractivity contribution in [2.24, 2.45) is 11.8 Å². The molecule has 3 heterocycles. The van der Waals surface area contributed by atoms with Gasteiger partial charge in [0.05, 0.1) is 18.9 Å². The Labute approximate surface area is 160 Å². The molecule has 1 saturated carbocycles. The average molecular weight is 374 g/mol. The fourth-order valence-corrected chi connectivity index (χ4v) is 4.96. The minimum atomic E-state index is -0.508. The van der Waals surface area contributed by atoms with Crippen LogP contribution < -0.4 is 5.32 Å². The quantitative estimate of drug-likeness (QED) is 0.803. The van der Waals surface area contributed by atoms with Gasteiger partial charge < -0.3 is 14.5 Å². The number of ether oxygens (including phenoxy) is 1. The molecule has 3 fully saturated rings. The van der Waals surface area contributed by atoms with E-state index in [2.05, 4.69) is 10.2 Å². The van der Waals surface area contributed by atoms with Crippen molar-refractivity contribution in [1.82, 2.24) is 10.2 Å². The number of carbonyl (C=O) groups is 2. The molecule has 1 spiro atoms. The topological polar surface area (TPSA) is 71.8 Å². The standard InChI is InChI=1S/C21H30N2O4/c1-15-4-5-17(26-15)14-23-10-6-16(7-11-23)13-22-20(25)18-12-19(24)27-21(18)8-2-3-9-21/h4-5,16,18H,2-3,6-14H2,1H3,(H,22,25). The van der Waals surface area contributed by atoms with Gasteiger partial charge in [0.15, 0.2) is 0 Å². The van der Waals surface area contributed by atoms with Crippen LogP contribution in [0.5, 0.6) is 0 Å². The molecule has 0 radical (unpaired) electrons. The number of nitrogens with one attached hydrogen (secondary N) is 1. The van der Waals surface area contributed by atoms with Crippen LogP contribution in [0.1, 0.15) is 56.5 Å². The largest absolute Gasteiger partial charge is 0.465 e. The molecular formula is C21H30N2O4. The van der Waals surface area contributed by atoms with Crippen LogP contribution in [0.15, 0.2) is 16.5 Å². The van der Waals surface area contributed by atoms with Gasteiger partial charge in [0, 0.05) is 6.54 Å². The summed E-state index contributed by atoms with van der Waals surface area (Å²) in [6.45, 7) is 5.58. The Balaban J connectivity index is 1.23. The molecule has 4 rings (SSSR count). The molecule has 0 bridgehead atoms. The van der Waals surface area contributed by atoms with Crippen molar-refractivity contribution in [3.05, 3.63) is 23.7 Å². The first-order valence-electron chi connectivity index (χ1n) is 10.3. The minimum Gasteiger partial charge on any atom is -0.465 e. The third-order valence-electron chi connectivity index (χ3n) is 6.54. The first kappa shape index (κ1) is 18.5. The fourth-order valence-electron chi connectivity index (χ4n) is 4.96. The molecule has 1 aromatic heterocycles. The Morgan fingerprint density at radius 3 is 2.67 bits per heavy atom. The van der Waals surface area contributed by atoms with Crippen LogP contribution in [0.25, 0.3) is 0 Å². The van der Waals surface area contributed by atoms with Crippen molar-refractivity contribution in [3.8, 4) is 0 Å². The molecule has 6 nitrogen and oxygen atoms in total. The number of nitrogens with zero attached hydrogens (tertiary/aromatic N) is 1. The number of aryl methyl sites for hydroxylation is 1. The highest BCUT2D eigenvalue weighted by atomic mass is 16.6. The van der Waals surface area contributed by atoms with Gasteiger partial charge in [-0.05, 0) is 76.6 Å². The summed E-state index contributed by atoms with van der Waals surface area (Å²) in [5.41, 5.74) is -0.508. The maximum Gasteiger partial charge on any atom is 0.307 e. The molecule has 6 heteroatoms. The summed E-state index contributed by atoms with van der Waals surface area (Å²) in [6.07, 6.45) is 6.15. The van der Waals surface area contributed by atoms with Gasteiger partial charge in [-0.15, -0.1) is 0 Å². The first-order chi connectivity index (χ1) is 13.0. The lowest BCUT2D eigenvalue weighted by Crippen LogP contribution is -2.45. The van der Waals surface area contributed by atoms with Gasteiger partial charge in [-0.2, -0.15) is 0 Å². The van der Waals surface area contributed by atoms with Gasteiger partial charge in [-0.1, -0.05) is 0 Å². The Hall–Kier alpha value is -1.82. The first-order valence-corrected chi connectivity index (χ1v) is 10.3. The number of hydrogen-bond acceptors (Lipinski definition) is 5. The van der Waals surface area contributed by atoms with Crippen molar-refractivity contribution in [1.29, 1.82) is 0 Å². The summed E-state index contributed by atoms with van der Waals surface area (Å²) in [7, 11) is 0. The number of rotatable bonds is 5. The lowest BCUT2D eigenvalue weighted by atomic mass is 9.85. The molecule has 27 heavy (non-hydrogen) atoms. The Kier molecular flexibility index (Phi) is 5.26. The Morgan fingerprint density at radius 1 is 1.26 bits per heavy atom. The third-order valence-corrected chi connectivity index (χ3v) is 6.54. The Morgan fingerprint density at radius 2 is 2.00 bits per heavy atom. The van der Waals surface area contributed by atoms with Gasteiger partial charge in [-0.25, -0.2) is 0 Å². The van der Waals surface area contributed by atoms with E-state index in [0.717, 1.165) is 69.7 Å².